The first-order valence-electron chi connectivity index (χ1n) is 11.1. The molecule has 0 bridgehead atoms. The lowest BCUT2D eigenvalue weighted by molar-refractivity contribution is -0.136. The summed E-state index contributed by atoms with van der Waals surface area (Å²) in [5.74, 6) is 0.149. The zero-order chi connectivity index (χ0) is 24.5. The van der Waals surface area contributed by atoms with Gasteiger partial charge in [-0.2, -0.15) is 0 Å². The van der Waals surface area contributed by atoms with Gasteiger partial charge >= 0.3 is 5.97 Å². The standard InChI is InChI=1S/C28H30O6/c1-32-24-17-23(18-25(33-2)28(24)34-3)27(31)22(14-13-19-7-5-4-6-8-19)15-20-9-11-21(12-10-20)16-26(29)30/h4-12,17-18,22H,13-16H2,1-3H3,(H,29,30). The smallest absolute Gasteiger partial charge is 0.307 e. The van der Waals surface area contributed by atoms with Gasteiger partial charge in [0.15, 0.2) is 17.3 Å². The molecular formula is C28H30O6. The van der Waals surface area contributed by atoms with Crippen molar-refractivity contribution in [3.8, 4) is 17.2 Å². The fourth-order valence-corrected chi connectivity index (χ4v) is 4.02. The quantitative estimate of drug-likeness (QED) is 0.381. The van der Waals surface area contributed by atoms with Crippen molar-refractivity contribution in [3.63, 3.8) is 0 Å². The number of ketones is 1. The van der Waals surface area contributed by atoms with E-state index in [0.717, 1.165) is 17.5 Å². The highest BCUT2D eigenvalue weighted by Gasteiger charge is 2.24. The Hall–Kier alpha value is -3.80. The van der Waals surface area contributed by atoms with E-state index in [-0.39, 0.29) is 18.1 Å². The van der Waals surface area contributed by atoms with E-state index in [2.05, 4.69) is 12.1 Å². The van der Waals surface area contributed by atoms with Crippen LogP contribution >= 0.6 is 0 Å². The summed E-state index contributed by atoms with van der Waals surface area (Å²) in [5, 5.41) is 9.01. The number of methoxy groups -OCH3 is 3. The molecule has 0 aliphatic heterocycles. The molecule has 0 aromatic heterocycles. The second-order valence-electron chi connectivity index (χ2n) is 8.09. The van der Waals surface area contributed by atoms with E-state index >= 15 is 0 Å². The van der Waals surface area contributed by atoms with Gasteiger partial charge in [0.25, 0.3) is 0 Å². The molecule has 6 heteroatoms. The first kappa shape index (κ1) is 24.8. The molecule has 3 aromatic carbocycles. The van der Waals surface area contributed by atoms with Crippen LogP contribution in [0.2, 0.25) is 0 Å². The van der Waals surface area contributed by atoms with Crippen molar-refractivity contribution in [1.29, 1.82) is 0 Å². The number of carbonyl (C=O) groups is 2. The number of aliphatic carboxylic acids is 1. The van der Waals surface area contributed by atoms with Crippen molar-refractivity contribution < 1.29 is 28.9 Å². The molecule has 1 unspecified atom stereocenters. The van der Waals surface area contributed by atoms with Crippen LogP contribution in [-0.2, 0) is 24.1 Å². The van der Waals surface area contributed by atoms with Gasteiger partial charge in [0.1, 0.15) is 0 Å². The third-order valence-electron chi connectivity index (χ3n) is 5.80. The van der Waals surface area contributed by atoms with Gasteiger partial charge in [-0.1, -0.05) is 54.6 Å². The first-order valence-corrected chi connectivity index (χ1v) is 11.1. The minimum atomic E-state index is -0.869. The van der Waals surface area contributed by atoms with Crippen LogP contribution in [0.5, 0.6) is 17.2 Å². The summed E-state index contributed by atoms with van der Waals surface area (Å²) in [6.07, 6.45) is 1.94. The number of hydrogen-bond donors (Lipinski definition) is 1. The number of Topliss-reactive ketones (excluding diaryl/α,β-unsaturated/α-hetero) is 1. The summed E-state index contributed by atoms with van der Waals surface area (Å²) < 4.78 is 16.3. The Labute approximate surface area is 200 Å². The number of carbonyl (C=O) groups excluding carboxylic acids is 1. The van der Waals surface area contributed by atoms with Gasteiger partial charge in [-0.3, -0.25) is 9.59 Å². The highest BCUT2D eigenvalue weighted by Crippen LogP contribution is 2.39. The topological polar surface area (TPSA) is 82.1 Å². The molecule has 6 nitrogen and oxygen atoms in total. The average Bonchev–Trinajstić information content (AvgIpc) is 2.86. The van der Waals surface area contributed by atoms with Crippen LogP contribution in [0.1, 0.15) is 33.5 Å². The van der Waals surface area contributed by atoms with Crippen LogP contribution < -0.4 is 14.2 Å². The number of ether oxygens (including phenoxy) is 3. The molecule has 1 atom stereocenters. The van der Waals surface area contributed by atoms with Gasteiger partial charge in [-0.25, -0.2) is 0 Å². The maximum absolute atomic E-state index is 13.7. The molecule has 3 aromatic rings. The Morgan fingerprint density at radius 1 is 0.794 bits per heavy atom. The molecule has 0 aliphatic rings. The van der Waals surface area contributed by atoms with Gasteiger partial charge < -0.3 is 19.3 Å². The molecule has 0 fully saturated rings. The maximum atomic E-state index is 13.7. The third kappa shape index (κ3) is 6.38. The average molecular weight is 463 g/mol. The van der Waals surface area contributed by atoms with E-state index in [1.165, 1.54) is 26.9 Å². The molecule has 0 radical (unpaired) electrons. The molecular weight excluding hydrogens is 432 g/mol. The molecule has 0 amide bonds. The zero-order valence-corrected chi connectivity index (χ0v) is 19.7. The predicted octanol–water partition coefficient (Wildman–Crippen LogP) is 5.01. The van der Waals surface area contributed by atoms with Crippen molar-refractivity contribution >= 4 is 11.8 Å². The van der Waals surface area contributed by atoms with Crippen molar-refractivity contribution in [2.75, 3.05) is 21.3 Å². The highest BCUT2D eigenvalue weighted by atomic mass is 16.5. The minimum absolute atomic E-state index is 0.00945. The maximum Gasteiger partial charge on any atom is 0.307 e. The predicted molar refractivity (Wildman–Crippen MR) is 130 cm³/mol. The van der Waals surface area contributed by atoms with E-state index in [1.54, 1.807) is 12.1 Å². The van der Waals surface area contributed by atoms with E-state index in [0.29, 0.717) is 35.7 Å². The molecule has 0 saturated carbocycles. The molecule has 3 rings (SSSR count). The van der Waals surface area contributed by atoms with E-state index < -0.39 is 5.97 Å². The van der Waals surface area contributed by atoms with Crippen LogP contribution in [0.25, 0.3) is 0 Å². The monoisotopic (exact) mass is 462 g/mol. The third-order valence-corrected chi connectivity index (χ3v) is 5.80. The summed E-state index contributed by atoms with van der Waals surface area (Å²) in [4.78, 5) is 24.7. The van der Waals surface area contributed by atoms with Gasteiger partial charge in [0, 0.05) is 11.5 Å². The van der Waals surface area contributed by atoms with Gasteiger partial charge in [-0.15, -0.1) is 0 Å². The number of rotatable bonds is 12. The van der Waals surface area contributed by atoms with E-state index in [4.69, 9.17) is 19.3 Å². The van der Waals surface area contributed by atoms with Crippen LogP contribution in [0.15, 0.2) is 66.7 Å². The number of benzene rings is 3. The van der Waals surface area contributed by atoms with Crippen LogP contribution in [-0.4, -0.2) is 38.2 Å². The highest BCUT2D eigenvalue weighted by molar-refractivity contribution is 5.99. The SMILES string of the molecule is COc1cc(C(=O)C(CCc2ccccc2)Cc2ccc(CC(=O)O)cc2)cc(OC)c1OC. The van der Waals surface area contributed by atoms with Crippen molar-refractivity contribution in [2.24, 2.45) is 5.92 Å². The molecule has 34 heavy (non-hydrogen) atoms. The van der Waals surface area contributed by atoms with Crippen molar-refractivity contribution in [3.05, 3.63) is 89.0 Å². The van der Waals surface area contributed by atoms with Crippen molar-refractivity contribution in [1.82, 2.24) is 0 Å². The first-order chi connectivity index (χ1) is 16.4. The molecule has 1 N–H and O–H groups in total. The van der Waals surface area contributed by atoms with E-state index in [1.807, 2.05) is 42.5 Å². The second-order valence-corrected chi connectivity index (χ2v) is 8.09. The number of aryl methyl sites for hydroxylation is 1. The molecule has 0 spiro atoms. The summed E-state index contributed by atoms with van der Waals surface area (Å²) in [5.41, 5.74) is 3.37. The molecule has 0 saturated heterocycles. The molecule has 178 valence electrons. The van der Waals surface area contributed by atoms with Crippen molar-refractivity contribution in [2.45, 2.75) is 25.7 Å². The van der Waals surface area contributed by atoms with E-state index in [9.17, 15) is 9.59 Å². The lowest BCUT2D eigenvalue weighted by atomic mass is 9.86. The Morgan fingerprint density at radius 2 is 1.38 bits per heavy atom. The van der Waals surface area contributed by atoms with Gasteiger partial charge in [0.2, 0.25) is 5.75 Å². The number of carboxylic acid groups (broad SMARTS) is 1. The Morgan fingerprint density at radius 3 is 1.91 bits per heavy atom. The van der Waals surface area contributed by atoms with Gasteiger partial charge in [-0.05, 0) is 48.1 Å². The van der Waals surface area contributed by atoms with Crippen LogP contribution in [0.3, 0.4) is 0 Å². The van der Waals surface area contributed by atoms with Crippen LogP contribution in [0.4, 0.5) is 0 Å². The van der Waals surface area contributed by atoms with Gasteiger partial charge in [0.05, 0.1) is 27.8 Å². The fourth-order valence-electron chi connectivity index (χ4n) is 4.02. The lowest BCUT2D eigenvalue weighted by Crippen LogP contribution is -2.19. The Bertz CT molecular complexity index is 1080. The largest absolute Gasteiger partial charge is 0.493 e. The number of hydrogen-bond acceptors (Lipinski definition) is 5. The molecule has 0 aliphatic carbocycles. The van der Waals surface area contributed by atoms with Crippen LogP contribution in [0, 0.1) is 5.92 Å². The second kappa shape index (κ2) is 11.9. The zero-order valence-electron chi connectivity index (χ0n) is 19.7. The summed E-state index contributed by atoms with van der Waals surface area (Å²) in [6.45, 7) is 0. The normalized spacial score (nSPS) is 11.5. The Balaban J connectivity index is 1.89. The molecule has 0 heterocycles. The number of carboxylic acids is 1. The summed E-state index contributed by atoms with van der Waals surface area (Å²) >= 11 is 0. The summed E-state index contributed by atoms with van der Waals surface area (Å²) in [6, 6.07) is 20.9. The Kier molecular flexibility index (Phi) is 8.68. The minimum Gasteiger partial charge on any atom is -0.493 e. The fraction of sp³-hybridized carbons (Fsp3) is 0.286. The lowest BCUT2D eigenvalue weighted by Gasteiger charge is -2.19. The summed E-state index contributed by atoms with van der Waals surface area (Å²) in [7, 11) is 4.58.